The molecule has 196 valence electrons. The number of benzene rings is 2. The van der Waals surface area contributed by atoms with Crippen molar-refractivity contribution in [3.63, 3.8) is 0 Å². The van der Waals surface area contributed by atoms with E-state index < -0.39 is 11.7 Å². The minimum absolute atomic E-state index is 0.363. The molecule has 2 heterocycles. The number of piperazine rings is 1. The smallest absolute Gasteiger partial charge is 0.416 e. The molecule has 0 bridgehead atoms. The molecule has 0 radical (unpaired) electrons. The van der Waals surface area contributed by atoms with Crippen molar-refractivity contribution in [3.05, 3.63) is 70.7 Å². The van der Waals surface area contributed by atoms with E-state index in [1.807, 2.05) is 23.1 Å². The highest BCUT2D eigenvalue weighted by atomic mass is 31.0. The molecule has 0 saturated carbocycles. The Labute approximate surface area is 217 Å². The van der Waals surface area contributed by atoms with Gasteiger partial charge in [-0.25, -0.2) is 4.99 Å². The summed E-state index contributed by atoms with van der Waals surface area (Å²) in [6.07, 6.45) is -0.540. The van der Waals surface area contributed by atoms with E-state index in [4.69, 9.17) is 14.5 Å². The van der Waals surface area contributed by atoms with E-state index in [9.17, 15) is 13.2 Å². The van der Waals surface area contributed by atoms with Crippen LogP contribution in [0.3, 0.4) is 0 Å². The molecule has 1 atom stereocenters. The summed E-state index contributed by atoms with van der Waals surface area (Å²) in [5.41, 5.74) is 2.67. The van der Waals surface area contributed by atoms with Crippen LogP contribution in [-0.2, 0) is 6.18 Å². The third-order valence-corrected chi connectivity index (χ3v) is 7.53. The Morgan fingerprint density at radius 1 is 0.946 bits per heavy atom. The summed E-state index contributed by atoms with van der Waals surface area (Å²) in [6.45, 7) is 3.27. The van der Waals surface area contributed by atoms with E-state index in [1.54, 1.807) is 7.11 Å². The maximum Gasteiger partial charge on any atom is 0.416 e. The molecule has 0 amide bonds. The Bertz CT molecular complexity index is 1270. The van der Waals surface area contributed by atoms with E-state index in [-0.39, 0.29) is 0 Å². The van der Waals surface area contributed by atoms with E-state index in [0.29, 0.717) is 37.0 Å². The number of fused-ring (bicyclic) bond motifs is 1. The van der Waals surface area contributed by atoms with Crippen LogP contribution in [0.2, 0.25) is 0 Å². The van der Waals surface area contributed by atoms with Gasteiger partial charge in [0.15, 0.2) is 0 Å². The van der Waals surface area contributed by atoms with Gasteiger partial charge in [-0.2, -0.15) is 13.2 Å². The fraction of sp³-hybridized carbons (Fsp3) is 0.370. The predicted octanol–water partition coefficient (Wildman–Crippen LogP) is 5.53. The zero-order valence-electron chi connectivity index (χ0n) is 20.9. The zero-order chi connectivity index (χ0) is 26.2. The van der Waals surface area contributed by atoms with Crippen molar-refractivity contribution in [2.45, 2.75) is 19.0 Å². The van der Waals surface area contributed by atoms with Crippen LogP contribution in [0.4, 0.5) is 24.5 Å². The lowest BCUT2D eigenvalue weighted by atomic mass is 10.0. The number of hydrogen-bond donors (Lipinski definition) is 0. The van der Waals surface area contributed by atoms with E-state index in [0.717, 1.165) is 60.0 Å². The molecule has 6 nitrogen and oxygen atoms in total. The highest BCUT2D eigenvalue weighted by molar-refractivity contribution is 7.22. The van der Waals surface area contributed by atoms with Gasteiger partial charge in [0, 0.05) is 37.9 Å². The number of halogens is 3. The second-order valence-electron chi connectivity index (χ2n) is 9.20. The Morgan fingerprint density at radius 2 is 1.70 bits per heavy atom. The molecule has 5 rings (SSSR count). The first kappa shape index (κ1) is 25.5. The van der Waals surface area contributed by atoms with Crippen molar-refractivity contribution in [1.82, 2.24) is 4.90 Å². The Kier molecular flexibility index (Phi) is 7.08. The minimum atomic E-state index is -4.46. The van der Waals surface area contributed by atoms with Crippen molar-refractivity contribution in [2.24, 2.45) is 4.99 Å². The molecule has 1 aliphatic carbocycles. The number of alkyl halides is 3. The van der Waals surface area contributed by atoms with E-state index in [1.165, 1.54) is 19.2 Å². The number of rotatable bonds is 4. The summed E-state index contributed by atoms with van der Waals surface area (Å²) >= 11 is 0. The van der Waals surface area contributed by atoms with Crippen LogP contribution in [0, 0.1) is 0 Å². The highest BCUT2D eigenvalue weighted by Gasteiger charge is 2.36. The maximum atomic E-state index is 13.7. The number of allylic oxidation sites excluding steroid dienone is 2. The van der Waals surface area contributed by atoms with Gasteiger partial charge in [-0.15, -0.1) is 9.24 Å². The monoisotopic (exact) mass is 530 g/mol. The third-order valence-electron chi connectivity index (χ3n) is 6.97. The molecule has 0 aromatic heterocycles. The first-order valence-electron chi connectivity index (χ1n) is 12.2. The molecular formula is C27H30F3N4O2P. The topological polar surface area (TPSA) is 40.5 Å². The number of ether oxygens (including phenoxy) is 2. The zero-order valence-corrected chi connectivity index (χ0v) is 22.0. The Hall–Kier alpha value is -3.19. The van der Waals surface area contributed by atoms with Gasteiger partial charge in [-0.3, -0.25) is 0 Å². The number of guanidine groups is 1. The van der Waals surface area contributed by atoms with Crippen molar-refractivity contribution in [2.75, 3.05) is 56.7 Å². The van der Waals surface area contributed by atoms with E-state index in [2.05, 4.69) is 31.2 Å². The fourth-order valence-electron chi connectivity index (χ4n) is 4.99. The molecule has 0 N–H and O–H groups in total. The Morgan fingerprint density at radius 3 is 2.41 bits per heavy atom. The molecule has 2 aliphatic heterocycles. The van der Waals surface area contributed by atoms with Crippen molar-refractivity contribution < 1.29 is 22.6 Å². The van der Waals surface area contributed by atoms with Crippen LogP contribution in [0.25, 0.3) is 0 Å². The molecule has 1 saturated heterocycles. The third kappa shape index (κ3) is 5.14. The first-order chi connectivity index (χ1) is 17.8. The van der Waals surface area contributed by atoms with Gasteiger partial charge < -0.3 is 24.2 Å². The summed E-state index contributed by atoms with van der Waals surface area (Å²) in [5, 5.41) is 1.13. The molecule has 2 aromatic rings. The lowest BCUT2D eigenvalue weighted by Crippen LogP contribution is -2.55. The highest BCUT2D eigenvalue weighted by Crippen LogP contribution is 2.41. The minimum Gasteiger partial charge on any atom is -0.497 e. The lowest BCUT2D eigenvalue weighted by Gasteiger charge is -2.43. The first-order valence-corrected chi connectivity index (χ1v) is 12.8. The number of aliphatic imine (C=N–C) groups is 1. The predicted molar refractivity (Wildman–Crippen MR) is 144 cm³/mol. The van der Waals surface area contributed by atoms with Crippen LogP contribution in [-0.4, -0.2) is 57.8 Å². The number of anilines is 2. The van der Waals surface area contributed by atoms with Crippen LogP contribution < -0.4 is 19.3 Å². The summed E-state index contributed by atoms with van der Waals surface area (Å²) in [7, 11) is 5.92. The average molecular weight is 531 g/mol. The van der Waals surface area contributed by atoms with E-state index >= 15 is 0 Å². The molecule has 1 unspecified atom stereocenters. The van der Waals surface area contributed by atoms with Gasteiger partial charge in [0.05, 0.1) is 37.7 Å². The second-order valence-corrected chi connectivity index (χ2v) is 9.90. The molecule has 37 heavy (non-hydrogen) atoms. The maximum absolute atomic E-state index is 13.7. The molecular weight excluding hydrogens is 500 g/mol. The molecule has 2 aromatic carbocycles. The summed E-state index contributed by atoms with van der Waals surface area (Å²) < 4.78 is 51.9. The van der Waals surface area contributed by atoms with Crippen LogP contribution in [0.1, 0.15) is 18.4 Å². The van der Waals surface area contributed by atoms with Gasteiger partial charge in [-0.1, -0.05) is 12.1 Å². The summed E-state index contributed by atoms with van der Waals surface area (Å²) in [4.78, 5) is 11.4. The fourth-order valence-corrected chi connectivity index (χ4v) is 5.41. The number of hydrogen-bond acceptors (Lipinski definition) is 6. The van der Waals surface area contributed by atoms with Crippen molar-refractivity contribution in [3.8, 4) is 11.5 Å². The second kappa shape index (κ2) is 10.3. The van der Waals surface area contributed by atoms with Crippen molar-refractivity contribution in [1.29, 1.82) is 0 Å². The SMILES string of the molecule is COc1cccc(N2CCN(C3=NC4=C(P)CCC=C4CN3c3cc(C(F)(F)F)ccc3OC)CC2)c1. The van der Waals surface area contributed by atoms with Crippen LogP contribution in [0.15, 0.2) is 70.1 Å². The van der Waals surface area contributed by atoms with Gasteiger partial charge in [0.25, 0.3) is 0 Å². The number of nitrogens with zero attached hydrogens (tertiary/aromatic N) is 4. The molecule has 10 heteroatoms. The molecule has 0 spiro atoms. The largest absolute Gasteiger partial charge is 0.497 e. The van der Waals surface area contributed by atoms with Gasteiger partial charge >= 0.3 is 6.18 Å². The van der Waals surface area contributed by atoms with Crippen LogP contribution in [0.5, 0.6) is 11.5 Å². The van der Waals surface area contributed by atoms with Gasteiger partial charge in [-0.05, 0) is 54.1 Å². The molecule has 3 aliphatic rings. The summed E-state index contributed by atoms with van der Waals surface area (Å²) in [6, 6.07) is 11.6. The normalized spacial score (nSPS) is 18.4. The van der Waals surface area contributed by atoms with Crippen LogP contribution >= 0.6 is 9.24 Å². The van der Waals surface area contributed by atoms with Gasteiger partial charge in [0.2, 0.25) is 5.96 Å². The summed E-state index contributed by atoms with van der Waals surface area (Å²) in [5.74, 6) is 1.83. The average Bonchev–Trinajstić information content (AvgIpc) is 2.92. The van der Waals surface area contributed by atoms with Gasteiger partial charge in [0.1, 0.15) is 11.5 Å². The quantitative estimate of drug-likeness (QED) is 0.487. The number of methoxy groups -OCH3 is 2. The lowest BCUT2D eigenvalue weighted by molar-refractivity contribution is -0.137. The standard InChI is InChI=1S/C27H30F3N4O2P/c1-35-21-7-4-6-20(16-21)32-11-13-33(14-12-32)26-31-25-18(5-3-8-24(25)37)17-34(26)22-15-19(27(28,29)30)9-10-23(22)36-2/h4-7,9-10,15-16H,3,8,11-14,17,37H2,1-2H3. The van der Waals surface area contributed by atoms with Crippen molar-refractivity contribution >= 4 is 26.6 Å². The Balaban J connectivity index is 1.50. The molecule has 1 fully saturated rings.